The predicted octanol–water partition coefficient (Wildman–Crippen LogP) is 1.36. The van der Waals surface area contributed by atoms with Gasteiger partial charge in [-0.15, -0.1) is 0 Å². The van der Waals surface area contributed by atoms with E-state index in [4.69, 9.17) is 0 Å². The minimum absolute atomic E-state index is 0.0160. The Kier molecular flexibility index (Phi) is 8.03. The third kappa shape index (κ3) is 6.56. The number of nitrogens with zero attached hydrogens (tertiary/aromatic N) is 2. The second-order valence-corrected chi connectivity index (χ2v) is 7.80. The molecule has 1 heterocycles. The van der Waals surface area contributed by atoms with Gasteiger partial charge in [0.25, 0.3) is 11.4 Å². The van der Waals surface area contributed by atoms with Crippen LogP contribution in [0.4, 0.5) is 11.4 Å². The van der Waals surface area contributed by atoms with Crippen molar-refractivity contribution in [3.8, 4) is 0 Å². The van der Waals surface area contributed by atoms with Crippen molar-refractivity contribution < 1.29 is 19.4 Å². The van der Waals surface area contributed by atoms with Gasteiger partial charge in [0.2, 0.25) is 11.8 Å². The number of non-ortho nitro benzene ring substituents is 2. The Morgan fingerprint density at radius 2 is 1.12 bits per heavy atom. The number of hydrogen-bond acceptors (Lipinski definition) is 7. The minimum Gasteiger partial charge on any atom is -0.355 e. The number of carbonyl (C=O) groups excluding carboxylic acids is 2. The van der Waals surface area contributed by atoms with E-state index < -0.39 is 21.7 Å². The Balaban J connectivity index is 1.42. The first-order chi connectivity index (χ1) is 15.8. The van der Waals surface area contributed by atoms with Gasteiger partial charge < -0.3 is 16.0 Å². The molecule has 0 radical (unpaired) electrons. The van der Waals surface area contributed by atoms with Gasteiger partial charge in [-0.25, -0.2) is 0 Å². The fourth-order valence-electron chi connectivity index (χ4n) is 3.72. The van der Waals surface area contributed by atoms with Crippen LogP contribution in [0, 0.1) is 32.1 Å². The highest BCUT2D eigenvalue weighted by molar-refractivity contribution is 5.88. The molecule has 0 aliphatic carbocycles. The lowest BCUT2D eigenvalue weighted by molar-refractivity contribution is -0.385. The third-order valence-electron chi connectivity index (χ3n) is 5.61. The molecule has 3 N–H and O–H groups in total. The first-order valence-corrected chi connectivity index (χ1v) is 10.6. The number of nitro benzene ring substituents is 2. The van der Waals surface area contributed by atoms with E-state index in [9.17, 15) is 29.8 Å². The quantitative estimate of drug-likeness (QED) is 0.361. The van der Waals surface area contributed by atoms with Gasteiger partial charge in [0.1, 0.15) is 0 Å². The Hall–Kier alpha value is -3.86. The zero-order valence-electron chi connectivity index (χ0n) is 17.9. The molecule has 11 nitrogen and oxygen atoms in total. The average Bonchev–Trinajstić information content (AvgIpc) is 3.30. The first-order valence-electron chi connectivity index (χ1n) is 10.6. The molecule has 2 aromatic carbocycles. The number of nitro groups is 2. The van der Waals surface area contributed by atoms with E-state index in [2.05, 4.69) is 16.0 Å². The molecule has 2 aromatic rings. The van der Waals surface area contributed by atoms with Gasteiger partial charge in [-0.3, -0.25) is 29.8 Å². The molecular weight excluding hydrogens is 430 g/mol. The molecule has 1 aliphatic rings. The van der Waals surface area contributed by atoms with Crippen LogP contribution in [0.1, 0.15) is 11.1 Å². The van der Waals surface area contributed by atoms with Crippen LogP contribution in [0.2, 0.25) is 0 Å². The van der Waals surface area contributed by atoms with Crippen LogP contribution >= 0.6 is 0 Å². The number of hydrogen-bond donors (Lipinski definition) is 3. The zero-order chi connectivity index (χ0) is 23.8. The van der Waals surface area contributed by atoms with Gasteiger partial charge in [0.05, 0.1) is 21.7 Å². The van der Waals surface area contributed by atoms with Gasteiger partial charge in [-0.1, -0.05) is 24.3 Å². The summed E-state index contributed by atoms with van der Waals surface area (Å²) in [6.45, 7) is 1.54. The summed E-state index contributed by atoms with van der Waals surface area (Å²) in [5.41, 5.74) is 1.77. The van der Waals surface area contributed by atoms with Crippen LogP contribution in [0.15, 0.2) is 48.5 Å². The van der Waals surface area contributed by atoms with E-state index in [-0.39, 0.29) is 23.2 Å². The monoisotopic (exact) mass is 455 g/mol. The van der Waals surface area contributed by atoms with Gasteiger partial charge in [-0.05, 0) is 24.0 Å². The predicted molar refractivity (Wildman–Crippen MR) is 119 cm³/mol. The molecule has 3 rings (SSSR count). The van der Waals surface area contributed by atoms with Crippen molar-refractivity contribution in [2.75, 3.05) is 26.2 Å². The first kappa shape index (κ1) is 23.8. The normalized spacial score (nSPS) is 17.3. The molecular formula is C22H25N5O6. The number of carbonyl (C=O) groups is 2. The lowest BCUT2D eigenvalue weighted by Gasteiger charge is -2.18. The van der Waals surface area contributed by atoms with Crippen molar-refractivity contribution >= 4 is 23.2 Å². The molecule has 1 saturated heterocycles. The molecule has 1 aliphatic heterocycles. The molecule has 0 aromatic heterocycles. The average molecular weight is 455 g/mol. The van der Waals surface area contributed by atoms with E-state index in [1.165, 1.54) is 24.3 Å². The fourth-order valence-corrected chi connectivity index (χ4v) is 3.72. The third-order valence-corrected chi connectivity index (χ3v) is 5.61. The number of nitrogens with one attached hydrogen (secondary N) is 3. The minimum atomic E-state index is -0.485. The standard InChI is InChI=1S/C22H25N5O6/c28-21(24-11-9-15-1-5-17(6-2-15)26(30)31)19-13-23-14-20(19)22(29)25-12-10-16-3-7-18(8-4-16)27(32)33/h1-8,19-20,23H,9-14H2,(H,24,28)(H,25,29)/t19-,20-/m1/s1. The van der Waals surface area contributed by atoms with Crippen LogP contribution in [0.5, 0.6) is 0 Å². The molecule has 1 fully saturated rings. The molecule has 2 amide bonds. The van der Waals surface area contributed by atoms with Gasteiger partial charge in [0.15, 0.2) is 0 Å². The highest BCUT2D eigenvalue weighted by Gasteiger charge is 2.37. The van der Waals surface area contributed by atoms with Crippen LogP contribution in [-0.2, 0) is 22.4 Å². The molecule has 0 spiro atoms. The summed E-state index contributed by atoms with van der Waals surface area (Å²) in [6, 6.07) is 12.3. The van der Waals surface area contributed by atoms with Crippen molar-refractivity contribution in [2.45, 2.75) is 12.8 Å². The van der Waals surface area contributed by atoms with Crippen molar-refractivity contribution in [3.63, 3.8) is 0 Å². The highest BCUT2D eigenvalue weighted by Crippen LogP contribution is 2.18. The number of rotatable bonds is 10. The second-order valence-electron chi connectivity index (χ2n) is 7.80. The maximum absolute atomic E-state index is 12.6. The SMILES string of the molecule is O=C(NCCc1ccc([N+](=O)[O-])cc1)[C@@H]1CNC[C@H]1C(=O)NCCc1ccc([N+](=O)[O-])cc1. The Bertz CT molecular complexity index is 927. The smallest absolute Gasteiger partial charge is 0.269 e. The van der Waals surface area contributed by atoms with E-state index >= 15 is 0 Å². The van der Waals surface area contributed by atoms with Crippen LogP contribution in [0.3, 0.4) is 0 Å². The zero-order valence-corrected chi connectivity index (χ0v) is 17.9. The Morgan fingerprint density at radius 3 is 1.45 bits per heavy atom. The summed E-state index contributed by atoms with van der Waals surface area (Å²) in [4.78, 5) is 45.7. The maximum atomic E-state index is 12.6. The van der Waals surface area contributed by atoms with Crippen LogP contribution in [0.25, 0.3) is 0 Å². The lowest BCUT2D eigenvalue weighted by Crippen LogP contribution is -2.42. The highest BCUT2D eigenvalue weighted by atomic mass is 16.6. The van der Waals surface area contributed by atoms with E-state index in [0.29, 0.717) is 39.0 Å². The lowest BCUT2D eigenvalue weighted by atomic mass is 9.94. The van der Waals surface area contributed by atoms with E-state index in [1.807, 2.05) is 0 Å². The van der Waals surface area contributed by atoms with Crippen LogP contribution in [-0.4, -0.2) is 47.8 Å². The Labute approximate surface area is 189 Å². The van der Waals surface area contributed by atoms with Crippen molar-refractivity contribution in [2.24, 2.45) is 11.8 Å². The van der Waals surface area contributed by atoms with Gasteiger partial charge >= 0.3 is 0 Å². The number of benzene rings is 2. The van der Waals surface area contributed by atoms with Crippen molar-refractivity contribution in [1.29, 1.82) is 0 Å². The topological polar surface area (TPSA) is 157 Å². The summed E-state index contributed by atoms with van der Waals surface area (Å²) in [6.07, 6.45) is 1.05. The van der Waals surface area contributed by atoms with E-state index in [0.717, 1.165) is 11.1 Å². The summed E-state index contributed by atoms with van der Waals surface area (Å²) in [7, 11) is 0. The number of amides is 2. The van der Waals surface area contributed by atoms with Gasteiger partial charge in [0, 0.05) is 50.4 Å². The molecule has 0 saturated carbocycles. The van der Waals surface area contributed by atoms with Crippen molar-refractivity contribution in [1.82, 2.24) is 16.0 Å². The van der Waals surface area contributed by atoms with E-state index in [1.54, 1.807) is 24.3 Å². The fraction of sp³-hybridized carbons (Fsp3) is 0.364. The summed E-state index contributed by atoms with van der Waals surface area (Å²) in [5, 5.41) is 30.2. The van der Waals surface area contributed by atoms with Crippen molar-refractivity contribution in [3.05, 3.63) is 79.9 Å². The molecule has 2 atom stereocenters. The van der Waals surface area contributed by atoms with Gasteiger partial charge in [-0.2, -0.15) is 0 Å². The largest absolute Gasteiger partial charge is 0.355 e. The molecule has 174 valence electrons. The summed E-state index contributed by atoms with van der Waals surface area (Å²) < 4.78 is 0. The summed E-state index contributed by atoms with van der Waals surface area (Å²) >= 11 is 0. The molecule has 11 heteroatoms. The maximum Gasteiger partial charge on any atom is 0.269 e. The Morgan fingerprint density at radius 1 is 0.758 bits per heavy atom. The second kappa shape index (κ2) is 11.1. The van der Waals surface area contributed by atoms with Crippen LogP contribution < -0.4 is 16.0 Å². The molecule has 0 bridgehead atoms. The molecule has 33 heavy (non-hydrogen) atoms. The molecule has 0 unspecified atom stereocenters. The summed E-state index contributed by atoms with van der Waals surface area (Å²) in [5.74, 6) is -1.39.